The van der Waals surface area contributed by atoms with Gasteiger partial charge < -0.3 is 19.7 Å². The highest BCUT2D eigenvalue weighted by Gasteiger charge is 2.44. The first-order valence-corrected chi connectivity index (χ1v) is 16.1. The Morgan fingerprint density at radius 3 is 2.44 bits per heavy atom. The normalized spacial score (nSPS) is 24.3. The van der Waals surface area contributed by atoms with Gasteiger partial charge in [0.05, 0.1) is 25.4 Å². The maximum absolute atomic E-state index is 14.2. The Hall–Kier alpha value is -2.00. The van der Waals surface area contributed by atoms with E-state index >= 15 is 0 Å². The Balaban J connectivity index is 1.24. The molecule has 9 heteroatoms. The maximum atomic E-state index is 14.2. The van der Waals surface area contributed by atoms with E-state index in [1.165, 1.54) is 32.1 Å². The van der Waals surface area contributed by atoms with Crippen molar-refractivity contribution in [1.82, 2.24) is 25.0 Å². The Bertz CT molecular complexity index is 1040. The molecule has 5 rings (SSSR count). The molecule has 0 spiro atoms. The lowest BCUT2D eigenvalue weighted by molar-refractivity contribution is -0.137. The number of hydrogen-bond acceptors (Lipinski definition) is 6. The van der Waals surface area contributed by atoms with Crippen LogP contribution in [-0.2, 0) is 27.2 Å². The van der Waals surface area contributed by atoms with E-state index < -0.39 is 0 Å². The largest absolute Gasteiger partial charge is 0.382 e. The highest BCUT2D eigenvalue weighted by Crippen LogP contribution is 2.47. The molecule has 3 aliphatic rings. The van der Waals surface area contributed by atoms with E-state index in [9.17, 15) is 4.79 Å². The second-order valence-electron chi connectivity index (χ2n) is 12.5. The molecule has 1 atom stereocenters. The molecule has 1 aliphatic heterocycles. The zero-order chi connectivity index (χ0) is 28.5. The third-order valence-corrected chi connectivity index (χ3v) is 10.1. The molecule has 2 saturated carbocycles. The van der Waals surface area contributed by atoms with Gasteiger partial charge in [-0.05, 0) is 86.8 Å². The highest BCUT2D eigenvalue weighted by atomic mass is 35.5. The van der Waals surface area contributed by atoms with E-state index in [0.29, 0.717) is 31.6 Å². The van der Waals surface area contributed by atoms with E-state index in [1.807, 2.05) is 35.3 Å². The van der Waals surface area contributed by atoms with Gasteiger partial charge in [-0.2, -0.15) is 5.10 Å². The molecular weight excluding hydrogens is 538 g/mol. The van der Waals surface area contributed by atoms with Crippen LogP contribution in [0.1, 0.15) is 76.2 Å². The maximum Gasteiger partial charge on any atom is 0.240 e. The minimum absolute atomic E-state index is 0.186. The van der Waals surface area contributed by atoms with Gasteiger partial charge in [-0.25, -0.2) is 4.98 Å². The van der Waals surface area contributed by atoms with Crippen molar-refractivity contribution in [2.24, 2.45) is 11.3 Å². The van der Waals surface area contributed by atoms with Gasteiger partial charge in [-0.15, -0.1) is 0 Å². The number of benzene rings is 1. The highest BCUT2D eigenvalue weighted by molar-refractivity contribution is 6.30. The summed E-state index contributed by atoms with van der Waals surface area (Å²) in [7, 11) is 1.71. The first-order valence-electron chi connectivity index (χ1n) is 15.8. The summed E-state index contributed by atoms with van der Waals surface area (Å²) in [6.45, 7) is 3.80. The fourth-order valence-electron chi connectivity index (χ4n) is 7.49. The van der Waals surface area contributed by atoms with E-state index in [2.05, 4.69) is 20.3 Å². The molecule has 1 N–H and O–H groups in total. The number of nitrogens with zero attached hydrogens (tertiary/aromatic N) is 4. The molecular formula is C32H48ClN5O3. The molecule has 41 heavy (non-hydrogen) atoms. The molecule has 1 aromatic heterocycles. The van der Waals surface area contributed by atoms with Crippen LogP contribution in [0.4, 0.5) is 0 Å². The Morgan fingerprint density at radius 2 is 1.78 bits per heavy atom. The Labute approximate surface area is 250 Å². The predicted octanol–water partition coefficient (Wildman–Crippen LogP) is 5.30. The second-order valence-corrected chi connectivity index (χ2v) is 12.9. The van der Waals surface area contributed by atoms with Gasteiger partial charge >= 0.3 is 0 Å². The van der Waals surface area contributed by atoms with Crippen LogP contribution in [0, 0.1) is 11.3 Å². The molecule has 8 nitrogen and oxygen atoms in total. The van der Waals surface area contributed by atoms with Gasteiger partial charge in [0.2, 0.25) is 5.91 Å². The summed E-state index contributed by atoms with van der Waals surface area (Å²) < 4.78 is 13.1. The lowest BCUT2D eigenvalue weighted by Gasteiger charge is -2.48. The fourth-order valence-corrected chi connectivity index (χ4v) is 7.62. The quantitative estimate of drug-likeness (QED) is 0.341. The van der Waals surface area contributed by atoms with Gasteiger partial charge in [0.25, 0.3) is 0 Å². The molecule has 0 unspecified atom stereocenters. The number of ether oxygens (including phenoxy) is 2. The smallest absolute Gasteiger partial charge is 0.240 e. The summed E-state index contributed by atoms with van der Waals surface area (Å²) in [4.78, 5) is 20.5. The summed E-state index contributed by atoms with van der Waals surface area (Å²) in [5.41, 5.74) is 1.32. The van der Waals surface area contributed by atoms with E-state index in [0.717, 1.165) is 68.7 Å². The van der Waals surface area contributed by atoms with E-state index in [-0.39, 0.29) is 23.5 Å². The van der Waals surface area contributed by atoms with Crippen LogP contribution in [0.25, 0.3) is 0 Å². The lowest BCUT2D eigenvalue weighted by Crippen LogP contribution is -2.55. The molecule has 0 bridgehead atoms. The van der Waals surface area contributed by atoms with Crippen LogP contribution in [0.2, 0.25) is 5.02 Å². The monoisotopic (exact) mass is 585 g/mol. The molecule has 1 aromatic carbocycles. The fraction of sp³-hybridized carbons (Fsp3) is 0.719. The molecule has 2 aromatic rings. The number of carbonyl (C=O) groups is 1. The molecule has 3 fully saturated rings. The molecule has 2 aliphatic carbocycles. The average Bonchev–Trinajstić information content (AvgIpc) is 3.52. The number of halogens is 1. The van der Waals surface area contributed by atoms with Crippen LogP contribution in [0.15, 0.2) is 36.9 Å². The number of piperidine rings is 1. The van der Waals surface area contributed by atoms with E-state index in [4.69, 9.17) is 21.1 Å². The molecule has 226 valence electrons. The van der Waals surface area contributed by atoms with Crippen molar-refractivity contribution in [3.63, 3.8) is 0 Å². The first kappa shape index (κ1) is 30.5. The number of aromatic nitrogens is 3. The van der Waals surface area contributed by atoms with Crippen molar-refractivity contribution in [2.75, 3.05) is 33.4 Å². The molecule has 1 saturated heterocycles. The van der Waals surface area contributed by atoms with E-state index in [1.54, 1.807) is 13.4 Å². The second kappa shape index (κ2) is 14.9. The summed E-state index contributed by atoms with van der Waals surface area (Å²) in [6.07, 6.45) is 17.1. The van der Waals surface area contributed by atoms with Crippen molar-refractivity contribution >= 4 is 17.5 Å². The zero-order valence-corrected chi connectivity index (χ0v) is 25.4. The van der Waals surface area contributed by atoms with Gasteiger partial charge in [0.15, 0.2) is 0 Å². The van der Waals surface area contributed by atoms with Crippen LogP contribution in [0.3, 0.4) is 0 Å². The van der Waals surface area contributed by atoms with Gasteiger partial charge in [0.1, 0.15) is 12.7 Å². The van der Waals surface area contributed by atoms with Crippen molar-refractivity contribution in [1.29, 1.82) is 0 Å². The summed E-state index contributed by atoms with van der Waals surface area (Å²) in [5.74, 6) is 0.929. The number of methoxy groups -OCH3 is 1. The molecule has 1 amide bonds. The first-order chi connectivity index (χ1) is 20.0. The Morgan fingerprint density at radius 1 is 1.05 bits per heavy atom. The third kappa shape index (κ3) is 8.31. The summed E-state index contributed by atoms with van der Waals surface area (Å²) >= 11 is 6.17. The number of likely N-dealkylation sites (tertiary alicyclic amines) is 1. The standard InChI is InChI=1S/C32H48ClN5O3/c1-40-19-20-41-29-13-11-28(12-14-29)36-30(21-25-7-9-27(33)10-8-25)31(39)37-17-15-32(16-18-37,22-38-24-34-23-35-38)26-5-3-2-4-6-26/h7-10,23-24,26,28-30,36H,2-6,11-22H2,1H3/t28?,29?,30-/m1/s1. The van der Waals surface area contributed by atoms with Gasteiger partial charge in [-0.3, -0.25) is 9.48 Å². The van der Waals surface area contributed by atoms with Crippen LogP contribution < -0.4 is 5.32 Å². The van der Waals surface area contributed by atoms with Crippen molar-refractivity contribution in [3.05, 3.63) is 47.5 Å². The number of hydrogen-bond donors (Lipinski definition) is 1. The summed E-state index contributed by atoms with van der Waals surface area (Å²) in [6, 6.07) is 8.01. The number of rotatable bonds is 12. The van der Waals surface area contributed by atoms with Crippen LogP contribution in [-0.4, -0.2) is 77.2 Å². The number of amides is 1. The molecule has 0 radical (unpaired) electrons. The topological polar surface area (TPSA) is 81.5 Å². The Kier molecular flexibility index (Phi) is 11.1. The SMILES string of the molecule is COCCOC1CCC(N[C@H](Cc2ccc(Cl)cc2)C(=O)N2CCC(Cn3cncn3)(C3CCCCC3)CC2)CC1. The van der Waals surface area contributed by atoms with Crippen molar-refractivity contribution < 1.29 is 14.3 Å². The summed E-state index contributed by atoms with van der Waals surface area (Å²) in [5, 5.41) is 8.99. The molecule has 2 heterocycles. The van der Waals surface area contributed by atoms with Gasteiger partial charge in [-0.1, -0.05) is 43.0 Å². The lowest BCUT2D eigenvalue weighted by atomic mass is 9.63. The minimum atomic E-state index is -0.246. The van der Waals surface area contributed by atoms with Crippen LogP contribution >= 0.6 is 11.6 Å². The number of carbonyl (C=O) groups excluding carboxylic acids is 1. The number of nitrogens with one attached hydrogen (secondary N) is 1. The predicted molar refractivity (Wildman–Crippen MR) is 161 cm³/mol. The minimum Gasteiger partial charge on any atom is -0.382 e. The van der Waals surface area contributed by atoms with Gasteiger partial charge in [0, 0.05) is 37.8 Å². The average molecular weight is 586 g/mol. The third-order valence-electron chi connectivity index (χ3n) is 9.89. The van der Waals surface area contributed by atoms with Crippen molar-refractivity contribution in [2.45, 2.75) is 102 Å². The van der Waals surface area contributed by atoms with Crippen molar-refractivity contribution in [3.8, 4) is 0 Å². The van der Waals surface area contributed by atoms with Crippen LogP contribution in [0.5, 0.6) is 0 Å². The zero-order valence-electron chi connectivity index (χ0n) is 24.7.